The van der Waals surface area contributed by atoms with E-state index in [2.05, 4.69) is 24.1 Å². The number of benzene rings is 2. The number of rotatable bonds is 13. The fourth-order valence-electron chi connectivity index (χ4n) is 5.23. The Morgan fingerprint density at radius 1 is 1.12 bits per heavy atom. The average Bonchev–Trinajstić information content (AvgIpc) is 2.93. The molecule has 1 heterocycles. The third-order valence-electron chi connectivity index (χ3n) is 7.51. The highest BCUT2D eigenvalue weighted by molar-refractivity contribution is 6.31. The van der Waals surface area contributed by atoms with Crippen LogP contribution in [0.25, 0.3) is 0 Å². The van der Waals surface area contributed by atoms with Crippen LogP contribution in [0.5, 0.6) is 0 Å². The number of allylic oxidation sites excluding steroid dienone is 1. The van der Waals surface area contributed by atoms with Gasteiger partial charge >= 0.3 is 5.97 Å². The minimum atomic E-state index is -0.489. The van der Waals surface area contributed by atoms with Gasteiger partial charge in [-0.15, -0.1) is 0 Å². The van der Waals surface area contributed by atoms with Crippen LogP contribution in [-0.4, -0.2) is 59.9 Å². The molecule has 2 atom stereocenters. The highest BCUT2D eigenvalue weighted by atomic mass is 35.5. The number of ether oxygens (including phenoxy) is 1. The molecule has 2 amide bonds. The molecule has 2 aromatic carbocycles. The Hall–Kier alpha value is -3.16. The predicted molar refractivity (Wildman–Crippen MR) is 159 cm³/mol. The largest absolute Gasteiger partial charge is 0.463 e. The molecular weight excluding hydrogens is 526 g/mol. The van der Waals surface area contributed by atoms with E-state index in [9.17, 15) is 14.4 Å². The third-order valence-corrected chi connectivity index (χ3v) is 7.86. The van der Waals surface area contributed by atoms with Gasteiger partial charge in [0.1, 0.15) is 0 Å². The van der Waals surface area contributed by atoms with Crippen LogP contribution < -0.4 is 5.32 Å². The predicted octanol–water partition coefficient (Wildman–Crippen LogP) is 5.93. The highest BCUT2D eigenvalue weighted by Gasteiger charge is 2.37. The molecule has 2 unspecified atom stereocenters. The van der Waals surface area contributed by atoms with Crippen molar-refractivity contribution in [2.24, 2.45) is 0 Å². The molecule has 0 radical (unpaired) electrons. The van der Waals surface area contributed by atoms with E-state index in [-0.39, 0.29) is 37.4 Å². The molecule has 216 valence electrons. The molecule has 0 aliphatic carbocycles. The van der Waals surface area contributed by atoms with E-state index in [0.29, 0.717) is 21.9 Å². The van der Waals surface area contributed by atoms with Crippen molar-refractivity contribution in [3.05, 3.63) is 81.5 Å². The molecule has 7 nitrogen and oxygen atoms in total. The molecule has 3 rings (SSSR count). The van der Waals surface area contributed by atoms with E-state index in [1.165, 1.54) is 0 Å². The first-order valence-electron chi connectivity index (χ1n) is 14.2. The van der Waals surface area contributed by atoms with Crippen molar-refractivity contribution in [3.63, 3.8) is 0 Å². The molecule has 1 aliphatic rings. The van der Waals surface area contributed by atoms with Crippen LogP contribution in [-0.2, 0) is 20.9 Å². The first kappa shape index (κ1) is 31.4. The Balaban J connectivity index is 1.77. The van der Waals surface area contributed by atoms with Crippen LogP contribution in [0, 0.1) is 0 Å². The average molecular weight is 568 g/mol. The lowest BCUT2D eigenvalue weighted by Gasteiger charge is -2.35. The third kappa shape index (κ3) is 7.95. The lowest BCUT2D eigenvalue weighted by Crippen LogP contribution is -2.38. The van der Waals surface area contributed by atoms with E-state index in [1.807, 2.05) is 43.3 Å². The summed E-state index contributed by atoms with van der Waals surface area (Å²) in [7, 11) is 0. The molecule has 0 bridgehead atoms. The molecule has 0 spiro atoms. The summed E-state index contributed by atoms with van der Waals surface area (Å²) in [4.78, 5) is 43.5. The fraction of sp³-hybridized carbons (Fsp3) is 0.469. The Morgan fingerprint density at radius 3 is 2.52 bits per heavy atom. The van der Waals surface area contributed by atoms with E-state index < -0.39 is 11.9 Å². The summed E-state index contributed by atoms with van der Waals surface area (Å²) in [6.07, 6.45) is 2.02. The molecule has 1 N–H and O–H groups in total. The van der Waals surface area contributed by atoms with E-state index >= 15 is 0 Å². The van der Waals surface area contributed by atoms with E-state index in [4.69, 9.17) is 16.3 Å². The zero-order valence-electron chi connectivity index (χ0n) is 24.3. The number of halogens is 1. The van der Waals surface area contributed by atoms with E-state index in [0.717, 1.165) is 43.6 Å². The zero-order chi connectivity index (χ0) is 29.2. The van der Waals surface area contributed by atoms with Crippen molar-refractivity contribution in [1.82, 2.24) is 15.1 Å². The Kier molecular flexibility index (Phi) is 11.8. The molecule has 0 saturated heterocycles. The minimum absolute atomic E-state index is 0.0504. The molecule has 0 aromatic heterocycles. The summed E-state index contributed by atoms with van der Waals surface area (Å²) in [5.74, 6) is -1.20. The van der Waals surface area contributed by atoms with Crippen LogP contribution in [0.2, 0.25) is 5.02 Å². The smallest absolute Gasteiger partial charge is 0.336 e. The van der Waals surface area contributed by atoms with Crippen LogP contribution >= 0.6 is 11.6 Å². The maximum atomic E-state index is 13.4. The Labute approximate surface area is 243 Å². The SMILES string of the molecule is CCOC(=O)C1=C(C)N(Cc2cccc(C(=O)NC(C)CCCN(CC)CC)c2)C(=O)CC1c1ccccc1Cl. The number of hydrogen-bond acceptors (Lipinski definition) is 5. The van der Waals surface area contributed by atoms with Gasteiger partial charge in [-0.3, -0.25) is 9.59 Å². The number of amides is 2. The van der Waals surface area contributed by atoms with Crippen molar-refractivity contribution in [3.8, 4) is 0 Å². The van der Waals surface area contributed by atoms with Gasteiger partial charge in [-0.1, -0.05) is 55.8 Å². The highest BCUT2D eigenvalue weighted by Crippen LogP contribution is 2.40. The number of carbonyl (C=O) groups is 3. The Bertz CT molecular complexity index is 1220. The van der Waals surface area contributed by atoms with Crippen molar-refractivity contribution < 1.29 is 19.1 Å². The van der Waals surface area contributed by atoms with Crippen molar-refractivity contribution in [2.75, 3.05) is 26.2 Å². The van der Waals surface area contributed by atoms with Gasteiger partial charge in [0.15, 0.2) is 0 Å². The van der Waals surface area contributed by atoms with Crippen LogP contribution in [0.4, 0.5) is 0 Å². The lowest BCUT2D eigenvalue weighted by atomic mass is 9.83. The van der Waals surface area contributed by atoms with Crippen LogP contribution in [0.3, 0.4) is 0 Å². The van der Waals surface area contributed by atoms with Crippen molar-refractivity contribution >= 4 is 29.4 Å². The summed E-state index contributed by atoms with van der Waals surface area (Å²) in [6, 6.07) is 14.6. The van der Waals surface area contributed by atoms with E-state index in [1.54, 1.807) is 30.9 Å². The molecule has 1 aliphatic heterocycles. The minimum Gasteiger partial charge on any atom is -0.463 e. The van der Waals surface area contributed by atoms with Crippen LogP contribution in [0.15, 0.2) is 59.8 Å². The van der Waals surface area contributed by atoms with Gasteiger partial charge in [-0.2, -0.15) is 0 Å². The second kappa shape index (κ2) is 15.0. The van der Waals surface area contributed by atoms with Gasteiger partial charge in [0, 0.05) is 34.7 Å². The number of nitrogens with zero attached hydrogens (tertiary/aromatic N) is 2. The topological polar surface area (TPSA) is 79.0 Å². The van der Waals surface area contributed by atoms with Gasteiger partial charge in [-0.05, 0) is 82.6 Å². The first-order valence-corrected chi connectivity index (χ1v) is 14.6. The van der Waals surface area contributed by atoms with Crippen molar-refractivity contribution in [1.29, 1.82) is 0 Å². The molecule has 0 saturated carbocycles. The number of carbonyl (C=O) groups excluding carboxylic acids is 3. The van der Waals surface area contributed by atoms with Gasteiger partial charge in [0.2, 0.25) is 5.91 Å². The molecule has 40 heavy (non-hydrogen) atoms. The summed E-state index contributed by atoms with van der Waals surface area (Å²) in [6.45, 7) is 13.4. The van der Waals surface area contributed by atoms with Crippen molar-refractivity contribution in [2.45, 2.75) is 72.4 Å². The number of esters is 1. The number of hydrogen-bond donors (Lipinski definition) is 1. The standard InChI is InChI=1S/C32H42ClN3O4/c1-6-35(7-2)18-12-13-22(4)34-31(38)25-15-11-14-24(19-25)21-36-23(5)30(32(39)40-8-3)27(20-29(36)37)26-16-9-10-17-28(26)33/h9-11,14-17,19,22,27H,6-8,12-13,18,20-21H2,1-5H3,(H,34,38). The normalized spacial score (nSPS) is 16.3. The molecule has 8 heteroatoms. The van der Waals surface area contributed by atoms with Gasteiger partial charge < -0.3 is 19.9 Å². The maximum Gasteiger partial charge on any atom is 0.336 e. The second-order valence-corrected chi connectivity index (χ2v) is 10.6. The van der Waals surface area contributed by atoms with Crippen LogP contribution in [0.1, 0.15) is 81.3 Å². The fourth-order valence-corrected chi connectivity index (χ4v) is 5.50. The monoisotopic (exact) mass is 567 g/mol. The quantitative estimate of drug-likeness (QED) is 0.303. The maximum absolute atomic E-state index is 13.4. The van der Waals surface area contributed by atoms with Gasteiger partial charge in [0.25, 0.3) is 5.91 Å². The molecular formula is C32H42ClN3O4. The summed E-state index contributed by atoms with van der Waals surface area (Å²) >= 11 is 6.46. The first-order chi connectivity index (χ1) is 19.2. The zero-order valence-corrected chi connectivity index (χ0v) is 25.1. The van der Waals surface area contributed by atoms with Gasteiger partial charge in [-0.25, -0.2) is 4.79 Å². The Morgan fingerprint density at radius 2 is 1.85 bits per heavy atom. The number of nitrogens with one attached hydrogen (secondary N) is 1. The lowest BCUT2D eigenvalue weighted by molar-refractivity contribution is -0.140. The molecule has 0 fully saturated rings. The van der Waals surface area contributed by atoms with Gasteiger partial charge in [0.05, 0.1) is 18.7 Å². The second-order valence-electron chi connectivity index (χ2n) is 10.2. The summed E-state index contributed by atoms with van der Waals surface area (Å²) in [5.41, 5.74) is 3.04. The summed E-state index contributed by atoms with van der Waals surface area (Å²) in [5, 5.41) is 3.60. The summed E-state index contributed by atoms with van der Waals surface area (Å²) < 4.78 is 5.38. The molecule has 2 aromatic rings.